The zero-order chi connectivity index (χ0) is 15.6. The number of nitrogens with zero attached hydrogens (tertiary/aromatic N) is 4. The maximum absolute atomic E-state index is 12.3. The van der Waals surface area contributed by atoms with Crippen molar-refractivity contribution in [2.45, 2.75) is 51.0 Å². The van der Waals surface area contributed by atoms with E-state index < -0.39 is 0 Å². The number of piperidine rings is 1. The van der Waals surface area contributed by atoms with E-state index in [0.29, 0.717) is 18.8 Å². The minimum atomic E-state index is 0.228. The van der Waals surface area contributed by atoms with Gasteiger partial charge >= 0.3 is 0 Å². The lowest BCUT2D eigenvalue weighted by molar-refractivity contribution is -0.132. The average molecular weight is 314 g/mol. The topological polar surface area (TPSA) is 64.2 Å². The van der Waals surface area contributed by atoms with E-state index in [9.17, 15) is 4.79 Å². The molecule has 0 N–H and O–H groups in total. The molecule has 2 aliphatic heterocycles. The van der Waals surface area contributed by atoms with E-state index in [0.717, 1.165) is 56.3 Å². The first-order valence-corrected chi connectivity index (χ1v) is 8.53. The van der Waals surface area contributed by atoms with E-state index in [1.165, 1.54) is 6.42 Å². The monoisotopic (exact) mass is 314 g/mol. The minimum Gasteiger partial charge on any atom is -0.469 e. The first-order valence-electron chi connectivity index (χ1n) is 8.53. The van der Waals surface area contributed by atoms with E-state index in [2.05, 4.69) is 14.8 Å². The quantitative estimate of drug-likeness (QED) is 0.867. The molecule has 4 heterocycles. The molecule has 0 spiro atoms. The van der Waals surface area contributed by atoms with Gasteiger partial charge in [0.15, 0.2) is 0 Å². The first-order chi connectivity index (χ1) is 11.3. The highest BCUT2D eigenvalue weighted by Crippen LogP contribution is 2.29. The Hall–Kier alpha value is -2.11. The van der Waals surface area contributed by atoms with Crippen LogP contribution in [0.3, 0.4) is 0 Å². The zero-order valence-electron chi connectivity index (χ0n) is 13.3. The molecule has 1 saturated heterocycles. The fourth-order valence-corrected chi connectivity index (χ4v) is 3.71. The minimum absolute atomic E-state index is 0.228. The van der Waals surface area contributed by atoms with Gasteiger partial charge in [-0.2, -0.15) is 0 Å². The lowest BCUT2D eigenvalue weighted by Crippen LogP contribution is -2.38. The van der Waals surface area contributed by atoms with Gasteiger partial charge in [-0.25, -0.2) is 0 Å². The van der Waals surface area contributed by atoms with E-state index in [1.54, 1.807) is 6.26 Å². The molecule has 122 valence electrons. The Kier molecular flexibility index (Phi) is 3.89. The van der Waals surface area contributed by atoms with E-state index >= 15 is 0 Å². The third kappa shape index (κ3) is 2.90. The van der Waals surface area contributed by atoms with Gasteiger partial charge in [0.1, 0.15) is 17.4 Å². The predicted octanol–water partition coefficient (Wildman–Crippen LogP) is 2.16. The van der Waals surface area contributed by atoms with Crippen LogP contribution in [0.4, 0.5) is 0 Å². The van der Waals surface area contributed by atoms with E-state index in [1.807, 2.05) is 17.0 Å². The van der Waals surface area contributed by atoms with Gasteiger partial charge in [0.05, 0.1) is 6.26 Å². The van der Waals surface area contributed by atoms with Gasteiger partial charge in [0, 0.05) is 44.8 Å². The van der Waals surface area contributed by atoms with E-state index in [4.69, 9.17) is 4.42 Å². The molecule has 2 aromatic rings. The van der Waals surface area contributed by atoms with Crippen molar-refractivity contribution in [2.75, 3.05) is 13.1 Å². The van der Waals surface area contributed by atoms with Crippen LogP contribution in [0, 0.1) is 0 Å². The maximum atomic E-state index is 12.3. The molecular weight excluding hydrogens is 292 g/mol. The number of fused-ring (bicyclic) bond motifs is 1. The van der Waals surface area contributed by atoms with Crippen molar-refractivity contribution in [1.82, 2.24) is 19.7 Å². The fourth-order valence-electron chi connectivity index (χ4n) is 3.71. The molecule has 0 saturated carbocycles. The van der Waals surface area contributed by atoms with Gasteiger partial charge in [-0.15, -0.1) is 10.2 Å². The van der Waals surface area contributed by atoms with Crippen LogP contribution in [0.25, 0.3) is 0 Å². The number of furan rings is 1. The Balaban J connectivity index is 1.31. The van der Waals surface area contributed by atoms with Crippen molar-refractivity contribution in [3.8, 4) is 0 Å². The summed E-state index contributed by atoms with van der Waals surface area (Å²) in [6, 6.07) is 3.79. The first kappa shape index (κ1) is 14.5. The summed E-state index contributed by atoms with van der Waals surface area (Å²) in [6.45, 7) is 2.70. The summed E-state index contributed by atoms with van der Waals surface area (Å²) in [5.74, 6) is 3.83. The van der Waals surface area contributed by atoms with Crippen molar-refractivity contribution in [1.29, 1.82) is 0 Å². The molecule has 6 nitrogen and oxygen atoms in total. The summed E-state index contributed by atoms with van der Waals surface area (Å²) in [7, 11) is 0. The number of likely N-dealkylation sites (tertiary alicyclic amines) is 1. The normalized spacial score (nSPS) is 18.3. The summed E-state index contributed by atoms with van der Waals surface area (Å²) in [5.41, 5.74) is 0. The smallest absolute Gasteiger partial charge is 0.223 e. The molecule has 0 aromatic carbocycles. The van der Waals surface area contributed by atoms with Crippen LogP contribution in [-0.2, 0) is 24.2 Å². The molecule has 0 atom stereocenters. The number of rotatable bonds is 4. The highest BCUT2D eigenvalue weighted by atomic mass is 16.3. The molecular formula is C17H22N4O2. The van der Waals surface area contributed by atoms with Crippen molar-refractivity contribution in [3.63, 3.8) is 0 Å². The van der Waals surface area contributed by atoms with Gasteiger partial charge in [0.2, 0.25) is 5.91 Å². The Morgan fingerprint density at radius 1 is 1.26 bits per heavy atom. The van der Waals surface area contributed by atoms with Gasteiger partial charge in [-0.1, -0.05) is 0 Å². The number of aryl methyl sites for hydroxylation is 2. The number of carbonyl (C=O) groups excluding carboxylic acids is 1. The lowest BCUT2D eigenvalue weighted by atomic mass is 9.95. The van der Waals surface area contributed by atoms with Crippen molar-refractivity contribution >= 4 is 5.91 Å². The molecule has 1 fully saturated rings. The summed E-state index contributed by atoms with van der Waals surface area (Å²) in [5, 5.41) is 8.70. The zero-order valence-corrected chi connectivity index (χ0v) is 13.3. The van der Waals surface area contributed by atoms with Crippen molar-refractivity contribution < 1.29 is 9.21 Å². The van der Waals surface area contributed by atoms with Gasteiger partial charge in [-0.05, 0) is 31.4 Å². The lowest BCUT2D eigenvalue weighted by Gasteiger charge is -2.31. The summed E-state index contributed by atoms with van der Waals surface area (Å²) < 4.78 is 7.58. The Morgan fingerprint density at radius 3 is 2.91 bits per heavy atom. The highest BCUT2D eigenvalue weighted by Gasteiger charge is 2.29. The van der Waals surface area contributed by atoms with Crippen LogP contribution in [0.1, 0.15) is 49.0 Å². The summed E-state index contributed by atoms with van der Waals surface area (Å²) in [6.07, 6.45) is 7.08. The fraction of sp³-hybridized carbons (Fsp3) is 0.588. The molecule has 0 unspecified atom stereocenters. The number of aromatic nitrogens is 3. The second kappa shape index (κ2) is 6.18. The standard InChI is InChI=1S/C17H22N4O2/c22-16(6-5-14-3-2-12-23-14)20-10-7-13(8-11-20)17-19-18-15-4-1-9-21(15)17/h2-3,12-13H,1,4-11H2. The SMILES string of the molecule is O=C(CCc1ccco1)N1CCC(c2nnc3n2CCC3)CC1. The third-order valence-corrected chi connectivity index (χ3v) is 5.02. The van der Waals surface area contributed by atoms with Crippen molar-refractivity contribution in [2.24, 2.45) is 0 Å². The van der Waals surface area contributed by atoms with Crippen molar-refractivity contribution in [3.05, 3.63) is 35.8 Å². The molecule has 0 bridgehead atoms. The van der Waals surface area contributed by atoms with E-state index in [-0.39, 0.29) is 5.91 Å². The molecule has 4 rings (SSSR count). The van der Waals surface area contributed by atoms with Gasteiger partial charge in [0.25, 0.3) is 0 Å². The Bertz CT molecular complexity index is 669. The second-order valence-electron chi connectivity index (χ2n) is 6.46. The number of hydrogen-bond donors (Lipinski definition) is 0. The molecule has 1 amide bonds. The molecule has 6 heteroatoms. The molecule has 0 aliphatic carbocycles. The largest absolute Gasteiger partial charge is 0.469 e. The second-order valence-corrected chi connectivity index (χ2v) is 6.46. The van der Waals surface area contributed by atoms with Crippen LogP contribution in [-0.4, -0.2) is 38.7 Å². The Morgan fingerprint density at radius 2 is 2.13 bits per heavy atom. The van der Waals surface area contributed by atoms with Crippen LogP contribution in [0.5, 0.6) is 0 Å². The van der Waals surface area contributed by atoms with Crippen LogP contribution in [0.2, 0.25) is 0 Å². The van der Waals surface area contributed by atoms with Crippen LogP contribution >= 0.6 is 0 Å². The molecule has 23 heavy (non-hydrogen) atoms. The number of carbonyl (C=O) groups is 1. The Labute approximate surface area is 135 Å². The van der Waals surface area contributed by atoms with Gasteiger partial charge in [-0.3, -0.25) is 4.79 Å². The van der Waals surface area contributed by atoms with Crippen LogP contribution < -0.4 is 0 Å². The number of amides is 1. The molecule has 2 aromatic heterocycles. The summed E-state index contributed by atoms with van der Waals surface area (Å²) >= 11 is 0. The number of hydrogen-bond acceptors (Lipinski definition) is 4. The maximum Gasteiger partial charge on any atom is 0.223 e. The highest BCUT2D eigenvalue weighted by molar-refractivity contribution is 5.76. The predicted molar refractivity (Wildman–Crippen MR) is 83.9 cm³/mol. The van der Waals surface area contributed by atoms with Crippen LogP contribution in [0.15, 0.2) is 22.8 Å². The average Bonchev–Trinajstić information content (AvgIpc) is 3.30. The molecule has 2 aliphatic rings. The molecule has 0 radical (unpaired) electrons. The summed E-state index contributed by atoms with van der Waals surface area (Å²) in [4.78, 5) is 14.3. The third-order valence-electron chi connectivity index (χ3n) is 5.02. The van der Waals surface area contributed by atoms with Gasteiger partial charge < -0.3 is 13.9 Å².